The zero-order valence-electron chi connectivity index (χ0n) is 13.4. The van der Waals surface area contributed by atoms with Crippen LogP contribution in [0.5, 0.6) is 0 Å². The smallest absolute Gasteiger partial charge is 0.269 e. The summed E-state index contributed by atoms with van der Waals surface area (Å²) in [5.41, 5.74) is 3.37. The third-order valence-electron chi connectivity index (χ3n) is 3.86. The van der Waals surface area contributed by atoms with Crippen molar-refractivity contribution in [2.24, 2.45) is 0 Å². The van der Waals surface area contributed by atoms with Crippen molar-refractivity contribution in [3.05, 3.63) is 92.3 Å². The molecule has 0 saturated carbocycles. The maximum Gasteiger partial charge on any atom is 0.340 e. The number of aryl methyl sites for hydroxylation is 3. The first-order chi connectivity index (χ1) is 11.0. The number of rotatable bonds is 2. The van der Waals surface area contributed by atoms with E-state index in [1.807, 2.05) is 50.2 Å². The van der Waals surface area contributed by atoms with Gasteiger partial charge in [0.15, 0.2) is 0 Å². The molecular weight excluding hydrogens is 288 g/mol. The van der Waals surface area contributed by atoms with Gasteiger partial charge < -0.3 is 0 Å². The van der Waals surface area contributed by atoms with Crippen LogP contribution in [0.1, 0.15) is 16.7 Å². The Hall–Kier alpha value is -2.88. The van der Waals surface area contributed by atoms with Gasteiger partial charge >= 0.3 is 5.69 Å². The molecule has 0 saturated heterocycles. The second-order valence-electron chi connectivity index (χ2n) is 5.78. The summed E-state index contributed by atoms with van der Waals surface area (Å²) in [4.78, 5) is 25.3. The average Bonchev–Trinajstić information content (AvgIpc) is 2.54. The molecule has 0 aliphatic rings. The normalized spacial score (nSPS) is 10.7. The van der Waals surface area contributed by atoms with Crippen LogP contribution in [0.15, 0.2) is 64.3 Å². The van der Waals surface area contributed by atoms with Gasteiger partial charge in [0.2, 0.25) is 0 Å². The molecular formula is C19H18N2O2. The van der Waals surface area contributed by atoms with Crippen molar-refractivity contribution in [1.29, 1.82) is 0 Å². The van der Waals surface area contributed by atoms with Gasteiger partial charge in [-0.1, -0.05) is 35.4 Å². The molecule has 116 valence electrons. The van der Waals surface area contributed by atoms with Crippen molar-refractivity contribution in [3.8, 4) is 11.4 Å². The van der Waals surface area contributed by atoms with E-state index < -0.39 is 0 Å². The van der Waals surface area contributed by atoms with Gasteiger partial charge in [0, 0.05) is 11.8 Å². The molecule has 4 nitrogen and oxygen atoms in total. The average molecular weight is 306 g/mol. The van der Waals surface area contributed by atoms with Crippen molar-refractivity contribution >= 4 is 0 Å². The van der Waals surface area contributed by atoms with Gasteiger partial charge in [0.1, 0.15) is 0 Å². The minimum atomic E-state index is -0.367. The fraction of sp³-hybridized carbons (Fsp3) is 0.158. The first-order valence-corrected chi connectivity index (χ1v) is 7.47. The van der Waals surface area contributed by atoms with Crippen LogP contribution in [0.2, 0.25) is 0 Å². The molecule has 4 heteroatoms. The molecule has 0 amide bonds. The Labute approximate surface area is 134 Å². The lowest BCUT2D eigenvalue weighted by atomic mass is 10.2. The molecule has 0 bridgehead atoms. The summed E-state index contributed by atoms with van der Waals surface area (Å²) in [6.07, 6.45) is 1.60. The SMILES string of the molecule is Cc1ccc(-n2cc(C)c(=O)n(-c3ccc(C)cc3)c2=O)cc1. The maximum atomic E-state index is 12.8. The second kappa shape index (κ2) is 5.72. The highest BCUT2D eigenvalue weighted by Crippen LogP contribution is 2.09. The quantitative estimate of drug-likeness (QED) is 0.730. The first-order valence-electron chi connectivity index (χ1n) is 7.47. The van der Waals surface area contributed by atoms with E-state index in [1.54, 1.807) is 25.3 Å². The molecule has 23 heavy (non-hydrogen) atoms. The standard InChI is InChI=1S/C19H18N2O2/c1-13-4-8-16(9-5-13)20-12-15(3)18(22)21(19(20)23)17-10-6-14(2)7-11-17/h4-12H,1-3H3. The van der Waals surface area contributed by atoms with Crippen molar-refractivity contribution in [2.45, 2.75) is 20.8 Å². The van der Waals surface area contributed by atoms with Gasteiger partial charge in [-0.25, -0.2) is 9.36 Å². The molecule has 2 aromatic carbocycles. The summed E-state index contributed by atoms with van der Waals surface area (Å²) in [6.45, 7) is 5.68. The second-order valence-corrected chi connectivity index (χ2v) is 5.78. The van der Waals surface area contributed by atoms with Gasteiger partial charge in [0.05, 0.1) is 11.4 Å². The van der Waals surface area contributed by atoms with Crippen LogP contribution in [0.4, 0.5) is 0 Å². The maximum absolute atomic E-state index is 12.8. The molecule has 1 aromatic heterocycles. The zero-order valence-corrected chi connectivity index (χ0v) is 13.4. The van der Waals surface area contributed by atoms with Crippen molar-refractivity contribution in [2.75, 3.05) is 0 Å². The molecule has 0 atom stereocenters. The Balaban J connectivity index is 2.29. The highest BCUT2D eigenvalue weighted by Gasteiger charge is 2.11. The van der Waals surface area contributed by atoms with E-state index >= 15 is 0 Å². The van der Waals surface area contributed by atoms with Crippen LogP contribution in [-0.4, -0.2) is 9.13 Å². The van der Waals surface area contributed by atoms with E-state index in [0.717, 1.165) is 16.8 Å². The fourth-order valence-electron chi connectivity index (χ4n) is 2.49. The molecule has 0 aliphatic carbocycles. The molecule has 0 N–H and O–H groups in total. The lowest BCUT2D eigenvalue weighted by Crippen LogP contribution is -2.38. The number of hydrogen-bond acceptors (Lipinski definition) is 2. The molecule has 3 aromatic rings. The van der Waals surface area contributed by atoms with Crippen LogP contribution in [-0.2, 0) is 0 Å². The van der Waals surface area contributed by atoms with E-state index in [9.17, 15) is 9.59 Å². The van der Waals surface area contributed by atoms with Crippen molar-refractivity contribution in [1.82, 2.24) is 9.13 Å². The molecule has 0 radical (unpaired) electrons. The summed E-state index contributed by atoms with van der Waals surface area (Å²) >= 11 is 0. The fourth-order valence-corrected chi connectivity index (χ4v) is 2.49. The van der Waals surface area contributed by atoms with E-state index in [0.29, 0.717) is 11.3 Å². The van der Waals surface area contributed by atoms with Crippen LogP contribution >= 0.6 is 0 Å². The largest absolute Gasteiger partial charge is 0.340 e. The van der Waals surface area contributed by atoms with E-state index in [4.69, 9.17) is 0 Å². The third-order valence-corrected chi connectivity index (χ3v) is 3.86. The number of nitrogens with zero attached hydrogens (tertiary/aromatic N) is 2. The summed E-state index contributed by atoms with van der Waals surface area (Å²) in [5, 5.41) is 0. The summed E-state index contributed by atoms with van der Waals surface area (Å²) in [7, 11) is 0. The van der Waals surface area contributed by atoms with E-state index in [-0.39, 0.29) is 11.2 Å². The van der Waals surface area contributed by atoms with Gasteiger partial charge in [0.25, 0.3) is 5.56 Å². The predicted molar refractivity (Wildman–Crippen MR) is 91.8 cm³/mol. The van der Waals surface area contributed by atoms with Gasteiger partial charge in [-0.05, 0) is 45.0 Å². The van der Waals surface area contributed by atoms with E-state index in [1.165, 1.54) is 9.13 Å². The van der Waals surface area contributed by atoms with Gasteiger partial charge in [-0.15, -0.1) is 0 Å². The monoisotopic (exact) mass is 306 g/mol. The Morgan fingerprint density at radius 1 is 0.696 bits per heavy atom. The molecule has 0 aliphatic heterocycles. The van der Waals surface area contributed by atoms with Crippen molar-refractivity contribution < 1.29 is 0 Å². The Morgan fingerprint density at radius 3 is 1.70 bits per heavy atom. The lowest BCUT2D eigenvalue weighted by molar-refractivity contribution is 0.788. The molecule has 0 unspecified atom stereocenters. The number of hydrogen-bond donors (Lipinski definition) is 0. The summed E-state index contributed by atoms with van der Waals surface area (Å²) in [5.74, 6) is 0. The molecule has 0 fully saturated rings. The first kappa shape index (κ1) is 15.0. The third kappa shape index (κ3) is 2.75. The minimum absolute atomic E-state index is 0.290. The minimum Gasteiger partial charge on any atom is -0.269 e. The highest BCUT2D eigenvalue weighted by molar-refractivity contribution is 5.38. The molecule has 1 heterocycles. The van der Waals surface area contributed by atoms with Gasteiger partial charge in [-0.3, -0.25) is 9.36 Å². The molecule has 3 rings (SSSR count). The molecule has 0 spiro atoms. The van der Waals surface area contributed by atoms with E-state index in [2.05, 4.69) is 0 Å². The Bertz CT molecular complexity index is 962. The highest BCUT2D eigenvalue weighted by atomic mass is 16.2. The number of aromatic nitrogens is 2. The van der Waals surface area contributed by atoms with Gasteiger partial charge in [-0.2, -0.15) is 0 Å². The van der Waals surface area contributed by atoms with Crippen LogP contribution in [0, 0.1) is 20.8 Å². The van der Waals surface area contributed by atoms with Crippen LogP contribution < -0.4 is 11.2 Å². The predicted octanol–water partition coefficient (Wildman–Crippen LogP) is 2.91. The Morgan fingerprint density at radius 2 is 1.17 bits per heavy atom. The van der Waals surface area contributed by atoms with Crippen molar-refractivity contribution in [3.63, 3.8) is 0 Å². The van der Waals surface area contributed by atoms with Crippen LogP contribution in [0.25, 0.3) is 11.4 Å². The van der Waals surface area contributed by atoms with Crippen LogP contribution in [0.3, 0.4) is 0 Å². The number of benzene rings is 2. The topological polar surface area (TPSA) is 44.0 Å². The zero-order chi connectivity index (χ0) is 16.6. The summed E-state index contributed by atoms with van der Waals surface area (Å²) in [6, 6.07) is 15.0. The Kier molecular flexibility index (Phi) is 3.74. The lowest BCUT2D eigenvalue weighted by Gasteiger charge is -2.12. The summed E-state index contributed by atoms with van der Waals surface area (Å²) < 4.78 is 2.73.